The molecule has 110 valence electrons. The zero-order valence-corrected chi connectivity index (χ0v) is 11.1. The first-order valence-corrected chi connectivity index (χ1v) is 5.82. The summed E-state index contributed by atoms with van der Waals surface area (Å²) in [4.78, 5) is 18.3. The third-order valence-electron chi connectivity index (χ3n) is 2.48. The fourth-order valence-electron chi connectivity index (χ4n) is 1.55. The minimum atomic E-state index is -1.65. The van der Waals surface area contributed by atoms with Gasteiger partial charge in [-0.2, -0.15) is 0 Å². The van der Waals surface area contributed by atoms with Crippen molar-refractivity contribution in [1.82, 2.24) is 9.97 Å². The van der Waals surface area contributed by atoms with Crippen molar-refractivity contribution in [3.05, 3.63) is 45.9 Å². The summed E-state index contributed by atoms with van der Waals surface area (Å²) in [6.07, 6.45) is 0.246. The molecule has 1 aromatic heterocycles. The van der Waals surface area contributed by atoms with Crippen molar-refractivity contribution in [2.75, 3.05) is 5.32 Å². The van der Waals surface area contributed by atoms with E-state index in [0.29, 0.717) is 0 Å². The molecule has 0 saturated carbocycles. The lowest BCUT2D eigenvalue weighted by Crippen LogP contribution is -2.08. The van der Waals surface area contributed by atoms with Gasteiger partial charge in [0.1, 0.15) is 22.5 Å². The van der Waals surface area contributed by atoms with Gasteiger partial charge in [-0.3, -0.25) is 4.79 Å². The number of benzene rings is 1. The van der Waals surface area contributed by atoms with Crippen molar-refractivity contribution >= 4 is 29.4 Å². The van der Waals surface area contributed by atoms with Gasteiger partial charge < -0.3 is 5.32 Å². The summed E-state index contributed by atoms with van der Waals surface area (Å²) in [5, 5.41) is 1.76. The lowest BCUT2D eigenvalue weighted by atomic mass is 10.2. The SMILES string of the molecule is Cc1nc(Cl)c(C=O)c(Nc2c(F)c(F)cc(F)c2F)n1. The van der Waals surface area contributed by atoms with E-state index in [4.69, 9.17) is 11.6 Å². The fourth-order valence-corrected chi connectivity index (χ4v) is 1.80. The fraction of sp³-hybridized carbons (Fsp3) is 0.0833. The number of carbonyl (C=O) groups excluding carboxylic acids is 1. The van der Waals surface area contributed by atoms with Gasteiger partial charge in [0.25, 0.3) is 0 Å². The zero-order valence-electron chi connectivity index (χ0n) is 10.3. The Bertz CT molecular complexity index is 713. The molecule has 9 heteroatoms. The Morgan fingerprint density at radius 2 is 1.71 bits per heavy atom. The van der Waals surface area contributed by atoms with Gasteiger partial charge in [-0.15, -0.1) is 0 Å². The average molecular weight is 320 g/mol. The number of aromatic nitrogens is 2. The van der Waals surface area contributed by atoms with Crippen molar-refractivity contribution in [3.8, 4) is 0 Å². The lowest BCUT2D eigenvalue weighted by Gasteiger charge is -2.12. The lowest BCUT2D eigenvalue weighted by molar-refractivity contribution is 0.112. The second-order valence-electron chi connectivity index (χ2n) is 3.91. The molecule has 1 heterocycles. The van der Waals surface area contributed by atoms with Crippen LogP contribution in [0.25, 0.3) is 0 Å². The number of hydrogen-bond acceptors (Lipinski definition) is 4. The number of nitrogens with zero attached hydrogens (tertiary/aromatic N) is 2. The Hall–Kier alpha value is -2.22. The maximum Gasteiger partial charge on any atom is 0.185 e. The van der Waals surface area contributed by atoms with Crippen LogP contribution in [0, 0.1) is 30.2 Å². The van der Waals surface area contributed by atoms with Crippen LogP contribution in [0.3, 0.4) is 0 Å². The molecular formula is C12H6ClF4N3O. The average Bonchev–Trinajstić information content (AvgIpc) is 2.41. The summed E-state index contributed by atoms with van der Waals surface area (Å²) >= 11 is 5.69. The molecule has 1 N–H and O–H groups in total. The highest BCUT2D eigenvalue weighted by Crippen LogP contribution is 2.29. The van der Waals surface area contributed by atoms with E-state index in [0.717, 1.165) is 0 Å². The number of hydrogen-bond donors (Lipinski definition) is 1. The largest absolute Gasteiger partial charge is 0.334 e. The highest BCUT2D eigenvalue weighted by atomic mass is 35.5. The van der Waals surface area contributed by atoms with Crippen molar-refractivity contribution in [1.29, 1.82) is 0 Å². The molecule has 0 aliphatic carbocycles. The summed E-state index contributed by atoms with van der Waals surface area (Å²) in [5.41, 5.74) is -1.42. The molecule has 4 nitrogen and oxygen atoms in total. The van der Waals surface area contributed by atoms with Gasteiger partial charge in [-0.25, -0.2) is 27.5 Å². The van der Waals surface area contributed by atoms with E-state index >= 15 is 0 Å². The number of anilines is 2. The molecule has 0 aliphatic rings. The molecular weight excluding hydrogens is 314 g/mol. The van der Waals surface area contributed by atoms with Crippen LogP contribution in [0.15, 0.2) is 6.07 Å². The standard InChI is InChI=1S/C12H6ClF4N3O/c1-4-18-11(13)5(3-21)12(19-4)20-10-8(16)6(14)2-7(15)9(10)17/h2-3H,1H3,(H,18,19,20). The molecule has 0 saturated heterocycles. The highest BCUT2D eigenvalue weighted by Gasteiger charge is 2.21. The second kappa shape index (κ2) is 5.65. The smallest absolute Gasteiger partial charge is 0.185 e. The number of halogens is 5. The Morgan fingerprint density at radius 1 is 1.14 bits per heavy atom. The normalized spacial score (nSPS) is 10.6. The summed E-state index contributed by atoms with van der Waals surface area (Å²) in [6.45, 7) is 1.41. The third-order valence-corrected chi connectivity index (χ3v) is 2.77. The molecule has 2 aromatic rings. The minimum absolute atomic E-state index is 0.0642. The van der Waals surface area contributed by atoms with Crippen LogP contribution in [-0.4, -0.2) is 16.3 Å². The van der Waals surface area contributed by atoms with Crippen LogP contribution in [0.4, 0.5) is 29.1 Å². The predicted molar refractivity (Wildman–Crippen MR) is 66.7 cm³/mol. The predicted octanol–water partition coefficient (Wildman–Crippen LogP) is 3.55. The first-order valence-electron chi connectivity index (χ1n) is 5.44. The topological polar surface area (TPSA) is 54.9 Å². The van der Waals surface area contributed by atoms with Gasteiger partial charge in [-0.05, 0) is 6.92 Å². The molecule has 1 aromatic carbocycles. The number of nitrogens with one attached hydrogen (secondary N) is 1. The Balaban J connectivity index is 2.61. The monoisotopic (exact) mass is 319 g/mol. The van der Waals surface area contributed by atoms with E-state index in [1.54, 1.807) is 0 Å². The van der Waals surface area contributed by atoms with Gasteiger partial charge in [0, 0.05) is 6.07 Å². The highest BCUT2D eigenvalue weighted by molar-refractivity contribution is 6.32. The summed E-state index contributed by atoms with van der Waals surface area (Å²) in [5.74, 6) is -6.78. The van der Waals surface area contributed by atoms with Gasteiger partial charge in [0.2, 0.25) is 0 Å². The Morgan fingerprint density at radius 3 is 2.24 bits per heavy atom. The number of aldehydes is 1. The first-order chi connectivity index (χ1) is 9.85. The van der Waals surface area contributed by atoms with Crippen LogP contribution in [0.2, 0.25) is 5.15 Å². The van der Waals surface area contributed by atoms with Crippen LogP contribution in [0.1, 0.15) is 16.2 Å². The molecule has 21 heavy (non-hydrogen) atoms. The van der Waals surface area contributed by atoms with Crippen molar-refractivity contribution < 1.29 is 22.4 Å². The number of rotatable bonds is 3. The van der Waals surface area contributed by atoms with E-state index in [1.807, 2.05) is 5.32 Å². The zero-order chi connectivity index (χ0) is 15.7. The van der Waals surface area contributed by atoms with Crippen LogP contribution < -0.4 is 5.32 Å². The maximum atomic E-state index is 13.6. The molecule has 0 amide bonds. The number of carbonyl (C=O) groups is 1. The quantitative estimate of drug-likeness (QED) is 0.407. The Kier molecular flexibility index (Phi) is 4.08. The van der Waals surface area contributed by atoms with Gasteiger partial charge >= 0.3 is 0 Å². The summed E-state index contributed by atoms with van der Waals surface area (Å²) in [7, 11) is 0. The molecule has 0 radical (unpaired) electrons. The third kappa shape index (κ3) is 2.80. The van der Waals surface area contributed by atoms with Crippen LogP contribution in [0.5, 0.6) is 0 Å². The van der Waals surface area contributed by atoms with E-state index in [9.17, 15) is 22.4 Å². The summed E-state index contributed by atoms with van der Waals surface area (Å²) in [6, 6.07) is 0.0642. The van der Waals surface area contributed by atoms with Crippen LogP contribution >= 0.6 is 11.6 Å². The van der Waals surface area contributed by atoms with Gasteiger partial charge in [-0.1, -0.05) is 11.6 Å². The number of aryl methyl sites for hydroxylation is 1. The van der Waals surface area contributed by atoms with E-state index in [2.05, 4.69) is 9.97 Å². The minimum Gasteiger partial charge on any atom is -0.334 e. The molecule has 0 bridgehead atoms. The summed E-state index contributed by atoms with van der Waals surface area (Å²) < 4.78 is 53.3. The molecule has 0 spiro atoms. The van der Waals surface area contributed by atoms with Gasteiger partial charge in [0.05, 0.1) is 5.56 Å². The molecule has 0 atom stereocenters. The van der Waals surface area contributed by atoms with Crippen molar-refractivity contribution in [2.45, 2.75) is 6.92 Å². The van der Waals surface area contributed by atoms with E-state index in [1.165, 1.54) is 6.92 Å². The van der Waals surface area contributed by atoms with E-state index < -0.39 is 29.0 Å². The molecule has 0 unspecified atom stereocenters. The van der Waals surface area contributed by atoms with Crippen molar-refractivity contribution in [2.24, 2.45) is 0 Å². The van der Waals surface area contributed by atoms with Gasteiger partial charge in [0.15, 0.2) is 29.6 Å². The first kappa shape index (κ1) is 15.2. The molecule has 0 fully saturated rings. The Labute approximate surface area is 120 Å². The molecule has 0 aliphatic heterocycles. The molecule has 2 rings (SSSR count). The van der Waals surface area contributed by atoms with Crippen molar-refractivity contribution in [3.63, 3.8) is 0 Å². The van der Waals surface area contributed by atoms with E-state index in [-0.39, 0.29) is 34.7 Å². The second-order valence-corrected chi connectivity index (χ2v) is 4.27. The van der Waals surface area contributed by atoms with Crippen LogP contribution in [-0.2, 0) is 0 Å². The maximum absolute atomic E-state index is 13.6.